The topological polar surface area (TPSA) is 46.0 Å². The summed E-state index contributed by atoms with van der Waals surface area (Å²) in [4.78, 5) is 9.03. The molecule has 0 atom stereocenters. The van der Waals surface area contributed by atoms with Crippen LogP contribution in [-0.2, 0) is 0 Å². The molecule has 0 aliphatic carbocycles. The van der Waals surface area contributed by atoms with Gasteiger partial charge in [-0.15, -0.1) is 0 Å². The number of pyridine rings is 2. The quantitative estimate of drug-likeness (QED) is 0.698. The highest BCUT2D eigenvalue weighted by molar-refractivity contribution is 6.07. The number of allylic oxidation sites excluding steroid dienone is 2. The average Bonchev–Trinajstić information content (AvgIpc) is 2.46. The number of phenolic OH excluding ortho intramolecular Hbond substituents is 1. The Morgan fingerprint density at radius 2 is 1.48 bits per heavy atom. The first-order valence-electron chi connectivity index (χ1n) is 6.72. The van der Waals surface area contributed by atoms with Crippen LogP contribution in [0.1, 0.15) is 25.2 Å². The van der Waals surface area contributed by atoms with Gasteiger partial charge in [0, 0.05) is 16.8 Å². The molecule has 0 fully saturated rings. The third-order valence-corrected chi connectivity index (χ3v) is 3.50. The van der Waals surface area contributed by atoms with Crippen LogP contribution in [0.5, 0.6) is 5.75 Å². The van der Waals surface area contributed by atoms with E-state index in [0.29, 0.717) is 5.52 Å². The predicted molar refractivity (Wildman–Crippen MR) is 88.1 cm³/mol. The minimum atomic E-state index is 0.131. The minimum Gasteiger partial charge on any atom is -0.506 e. The van der Waals surface area contributed by atoms with E-state index in [1.165, 1.54) is 0 Å². The third-order valence-electron chi connectivity index (χ3n) is 3.50. The number of nitrogens with zero attached hydrogens (tertiary/aromatic N) is 2. The SMILES string of the molecule is C=C(C)c1ccc2c(cc(O)c3nc(C(=C)C)ccc32)n1. The van der Waals surface area contributed by atoms with Gasteiger partial charge in [0.1, 0.15) is 11.3 Å². The number of rotatable bonds is 2. The number of aromatic hydroxyl groups is 1. The molecule has 1 aromatic carbocycles. The molecule has 0 bridgehead atoms. The summed E-state index contributed by atoms with van der Waals surface area (Å²) in [6.45, 7) is 11.6. The Bertz CT molecular complexity index is 910. The van der Waals surface area contributed by atoms with Crippen LogP contribution in [0.4, 0.5) is 0 Å². The summed E-state index contributed by atoms with van der Waals surface area (Å²) in [7, 11) is 0. The van der Waals surface area contributed by atoms with E-state index in [4.69, 9.17) is 0 Å². The van der Waals surface area contributed by atoms with Crippen LogP contribution in [-0.4, -0.2) is 15.1 Å². The first kappa shape index (κ1) is 13.3. The van der Waals surface area contributed by atoms with Gasteiger partial charge in [-0.1, -0.05) is 13.2 Å². The Labute approximate surface area is 123 Å². The maximum absolute atomic E-state index is 10.3. The van der Waals surface area contributed by atoms with Gasteiger partial charge in [0.15, 0.2) is 0 Å². The average molecular weight is 276 g/mol. The van der Waals surface area contributed by atoms with Crippen molar-refractivity contribution in [3.8, 4) is 5.75 Å². The highest BCUT2D eigenvalue weighted by atomic mass is 16.3. The van der Waals surface area contributed by atoms with Crippen molar-refractivity contribution in [3.05, 3.63) is 54.9 Å². The Kier molecular flexibility index (Phi) is 2.98. The molecule has 0 saturated heterocycles. The van der Waals surface area contributed by atoms with Crippen molar-refractivity contribution in [1.82, 2.24) is 9.97 Å². The fraction of sp³-hybridized carbons (Fsp3) is 0.111. The molecule has 0 aliphatic rings. The summed E-state index contributed by atoms with van der Waals surface area (Å²) in [5, 5.41) is 12.1. The lowest BCUT2D eigenvalue weighted by atomic mass is 10.1. The van der Waals surface area contributed by atoms with Gasteiger partial charge in [-0.2, -0.15) is 0 Å². The van der Waals surface area contributed by atoms with E-state index in [1.807, 2.05) is 38.1 Å². The van der Waals surface area contributed by atoms with E-state index >= 15 is 0 Å². The van der Waals surface area contributed by atoms with Crippen LogP contribution in [0.15, 0.2) is 43.5 Å². The fourth-order valence-corrected chi connectivity index (χ4v) is 2.36. The normalized spacial score (nSPS) is 11.0. The highest BCUT2D eigenvalue weighted by Crippen LogP contribution is 2.32. The molecule has 104 valence electrons. The summed E-state index contributed by atoms with van der Waals surface area (Å²) in [5.74, 6) is 0.131. The lowest BCUT2D eigenvalue weighted by molar-refractivity contribution is 0.481. The van der Waals surface area contributed by atoms with E-state index in [1.54, 1.807) is 6.07 Å². The van der Waals surface area contributed by atoms with E-state index in [2.05, 4.69) is 23.1 Å². The lowest BCUT2D eigenvalue weighted by Crippen LogP contribution is -1.91. The van der Waals surface area contributed by atoms with Crippen molar-refractivity contribution in [2.45, 2.75) is 13.8 Å². The molecule has 21 heavy (non-hydrogen) atoms. The molecule has 1 N–H and O–H groups in total. The molecule has 0 radical (unpaired) electrons. The van der Waals surface area contributed by atoms with Gasteiger partial charge >= 0.3 is 0 Å². The minimum absolute atomic E-state index is 0.131. The van der Waals surface area contributed by atoms with Crippen LogP contribution < -0.4 is 0 Å². The molecular weight excluding hydrogens is 260 g/mol. The zero-order valence-electron chi connectivity index (χ0n) is 12.1. The number of benzene rings is 1. The molecule has 2 heterocycles. The van der Waals surface area contributed by atoms with Gasteiger partial charge in [-0.25, -0.2) is 9.97 Å². The van der Waals surface area contributed by atoms with Gasteiger partial charge in [-0.3, -0.25) is 0 Å². The second kappa shape index (κ2) is 4.70. The molecule has 0 aliphatic heterocycles. The first-order valence-corrected chi connectivity index (χ1v) is 6.72. The molecule has 0 saturated carbocycles. The van der Waals surface area contributed by atoms with Crippen LogP contribution in [0.2, 0.25) is 0 Å². The van der Waals surface area contributed by atoms with Crippen LogP contribution >= 0.6 is 0 Å². The molecule has 0 unspecified atom stereocenters. The van der Waals surface area contributed by atoms with Crippen LogP contribution in [0.25, 0.3) is 33.0 Å². The molecule has 3 heteroatoms. The second-order valence-corrected chi connectivity index (χ2v) is 5.31. The molecule has 3 nitrogen and oxygen atoms in total. The monoisotopic (exact) mass is 276 g/mol. The third kappa shape index (κ3) is 2.17. The smallest absolute Gasteiger partial charge is 0.144 e. The summed E-state index contributed by atoms with van der Waals surface area (Å²) in [5.41, 5.74) is 4.69. The number of phenols is 1. The van der Waals surface area contributed by atoms with Gasteiger partial charge in [0.25, 0.3) is 0 Å². The molecule has 0 spiro atoms. The molecule has 3 rings (SSSR count). The summed E-state index contributed by atoms with van der Waals surface area (Å²) in [6, 6.07) is 9.45. The molecule has 0 amide bonds. The Balaban J connectivity index is 2.38. The predicted octanol–water partition coefficient (Wildman–Crippen LogP) is 4.55. The maximum Gasteiger partial charge on any atom is 0.144 e. The standard InChI is InChI=1S/C18H16N2O/c1-10(2)14-7-5-12-13-6-8-15(11(3)4)20-18(13)17(21)9-16(12)19-14/h5-9,21H,1,3H2,2,4H3. The number of hydrogen-bond acceptors (Lipinski definition) is 3. The van der Waals surface area contributed by atoms with Gasteiger partial charge in [-0.05, 0) is 49.3 Å². The van der Waals surface area contributed by atoms with E-state index in [9.17, 15) is 5.11 Å². The van der Waals surface area contributed by atoms with Crippen molar-refractivity contribution >= 4 is 33.0 Å². The van der Waals surface area contributed by atoms with Crippen LogP contribution in [0, 0.1) is 0 Å². The van der Waals surface area contributed by atoms with Gasteiger partial charge in [0.05, 0.1) is 16.9 Å². The van der Waals surface area contributed by atoms with Crippen LogP contribution in [0.3, 0.4) is 0 Å². The van der Waals surface area contributed by atoms with E-state index in [-0.39, 0.29) is 5.75 Å². The Hall–Kier alpha value is -2.68. The summed E-state index contributed by atoms with van der Waals surface area (Å²) in [6.07, 6.45) is 0. The van der Waals surface area contributed by atoms with Crippen molar-refractivity contribution in [2.75, 3.05) is 0 Å². The number of fused-ring (bicyclic) bond motifs is 3. The zero-order valence-corrected chi connectivity index (χ0v) is 12.1. The Morgan fingerprint density at radius 1 is 0.905 bits per heavy atom. The number of hydrogen-bond donors (Lipinski definition) is 1. The Morgan fingerprint density at radius 3 is 2.10 bits per heavy atom. The maximum atomic E-state index is 10.3. The van der Waals surface area contributed by atoms with Crippen molar-refractivity contribution in [2.24, 2.45) is 0 Å². The fourth-order valence-electron chi connectivity index (χ4n) is 2.36. The van der Waals surface area contributed by atoms with Crippen molar-refractivity contribution in [1.29, 1.82) is 0 Å². The largest absolute Gasteiger partial charge is 0.506 e. The van der Waals surface area contributed by atoms with Crippen molar-refractivity contribution < 1.29 is 5.11 Å². The van der Waals surface area contributed by atoms with E-state index in [0.717, 1.165) is 38.8 Å². The summed E-state index contributed by atoms with van der Waals surface area (Å²) < 4.78 is 0. The lowest BCUT2D eigenvalue weighted by Gasteiger charge is -2.09. The number of aromatic nitrogens is 2. The summed E-state index contributed by atoms with van der Waals surface area (Å²) >= 11 is 0. The van der Waals surface area contributed by atoms with Crippen molar-refractivity contribution in [3.63, 3.8) is 0 Å². The van der Waals surface area contributed by atoms with Gasteiger partial charge < -0.3 is 5.11 Å². The first-order chi connectivity index (χ1) is 9.97. The zero-order chi connectivity index (χ0) is 15.1. The second-order valence-electron chi connectivity index (χ2n) is 5.31. The van der Waals surface area contributed by atoms with Gasteiger partial charge in [0.2, 0.25) is 0 Å². The molecule has 3 aromatic rings. The molecular formula is C18H16N2O. The highest BCUT2D eigenvalue weighted by Gasteiger charge is 2.10. The molecule has 2 aromatic heterocycles. The van der Waals surface area contributed by atoms with E-state index < -0.39 is 0 Å².